The molecular weight excluding hydrogens is 364 g/mol. The molecule has 1 atom stereocenters. The van der Waals surface area contributed by atoms with Gasteiger partial charge in [0.25, 0.3) is 0 Å². The lowest BCUT2D eigenvalue weighted by Crippen LogP contribution is -2.60. The normalized spacial score (nSPS) is 29.3. The van der Waals surface area contributed by atoms with E-state index in [4.69, 9.17) is 0 Å². The van der Waals surface area contributed by atoms with Gasteiger partial charge in [-0.2, -0.15) is 0 Å². The molecule has 1 aliphatic heterocycles. The van der Waals surface area contributed by atoms with Crippen molar-refractivity contribution >= 4 is 15.9 Å². The zero-order chi connectivity index (χ0) is 19.7. The van der Waals surface area contributed by atoms with Crippen molar-refractivity contribution in [1.82, 2.24) is 10.6 Å². The van der Waals surface area contributed by atoms with Gasteiger partial charge in [0.05, 0.1) is 10.5 Å². The van der Waals surface area contributed by atoms with E-state index in [0.717, 1.165) is 5.56 Å². The summed E-state index contributed by atoms with van der Waals surface area (Å²) in [6.07, 6.45) is 1.91. The first kappa shape index (κ1) is 20.1. The molecule has 1 aromatic carbocycles. The molecular formula is C20H30N2O4S. The van der Waals surface area contributed by atoms with Gasteiger partial charge >= 0.3 is 6.03 Å². The first-order chi connectivity index (χ1) is 12.7. The molecule has 3 rings (SSSR count). The van der Waals surface area contributed by atoms with Crippen LogP contribution in [0.3, 0.4) is 0 Å². The Kier molecular flexibility index (Phi) is 5.82. The second kappa shape index (κ2) is 7.80. The van der Waals surface area contributed by atoms with Crippen molar-refractivity contribution < 1.29 is 18.3 Å². The molecule has 150 valence electrons. The molecule has 1 saturated carbocycles. The van der Waals surface area contributed by atoms with Crippen LogP contribution in [0.15, 0.2) is 24.3 Å². The summed E-state index contributed by atoms with van der Waals surface area (Å²) in [5.41, 5.74) is 2.28. The van der Waals surface area contributed by atoms with Crippen molar-refractivity contribution in [3.8, 4) is 0 Å². The van der Waals surface area contributed by atoms with Crippen LogP contribution in [-0.4, -0.2) is 42.7 Å². The summed E-state index contributed by atoms with van der Waals surface area (Å²) in [5.74, 6) is 0.608. The van der Waals surface area contributed by atoms with Gasteiger partial charge in [0.2, 0.25) is 0 Å². The summed E-state index contributed by atoms with van der Waals surface area (Å²) in [4.78, 5) is 12.3. The van der Waals surface area contributed by atoms with Gasteiger partial charge in [-0.25, -0.2) is 13.2 Å². The second-order valence-electron chi connectivity index (χ2n) is 8.38. The highest BCUT2D eigenvalue weighted by molar-refractivity contribution is 7.92. The summed E-state index contributed by atoms with van der Waals surface area (Å²) in [7, 11) is -3.15. The molecule has 2 amide bonds. The van der Waals surface area contributed by atoms with Gasteiger partial charge in [-0.05, 0) is 48.6 Å². The second-order valence-corrected chi connectivity index (χ2v) is 10.9. The molecule has 3 N–H and O–H groups in total. The molecule has 1 aromatic rings. The number of hydrogen-bond donors (Lipinski definition) is 3. The standard InChI is InChI=1S/C20H30N2O4S/c1-14(2)17-5-3-4-15(8-17)12-21-19(24)22-18-6-7-27(25,26)20(11-18)9-16(10-20)13-23/h3-5,8,14,16,18,23H,6-7,9-13H2,1-2H3,(H2,21,22,24). The molecule has 0 aromatic heterocycles. The van der Waals surface area contributed by atoms with Gasteiger partial charge < -0.3 is 15.7 Å². The number of carbonyl (C=O) groups excluding carboxylic acids is 1. The largest absolute Gasteiger partial charge is 0.396 e. The summed E-state index contributed by atoms with van der Waals surface area (Å²) in [5, 5.41) is 15.1. The Bertz CT molecular complexity index is 785. The molecule has 0 bridgehead atoms. The maximum Gasteiger partial charge on any atom is 0.315 e. The number of amides is 2. The number of nitrogens with one attached hydrogen (secondary N) is 2. The molecule has 1 saturated heterocycles. The van der Waals surface area contributed by atoms with Crippen LogP contribution < -0.4 is 10.6 Å². The Labute approximate surface area is 161 Å². The van der Waals surface area contributed by atoms with E-state index in [9.17, 15) is 18.3 Å². The van der Waals surface area contributed by atoms with Crippen LogP contribution in [0.25, 0.3) is 0 Å². The molecule has 1 heterocycles. The van der Waals surface area contributed by atoms with Crippen molar-refractivity contribution in [2.75, 3.05) is 12.4 Å². The molecule has 7 heteroatoms. The monoisotopic (exact) mass is 394 g/mol. The van der Waals surface area contributed by atoms with Crippen molar-refractivity contribution in [3.63, 3.8) is 0 Å². The van der Waals surface area contributed by atoms with E-state index in [-0.39, 0.29) is 30.4 Å². The van der Waals surface area contributed by atoms with Crippen molar-refractivity contribution in [1.29, 1.82) is 0 Å². The van der Waals surface area contributed by atoms with E-state index in [1.165, 1.54) is 5.56 Å². The fourth-order valence-electron chi connectivity index (χ4n) is 4.34. The number of rotatable bonds is 5. The molecule has 1 aliphatic carbocycles. The van der Waals surface area contributed by atoms with Gasteiger partial charge in [0.1, 0.15) is 0 Å². The maximum absolute atomic E-state index is 12.5. The van der Waals surface area contributed by atoms with Gasteiger partial charge in [-0.15, -0.1) is 0 Å². The SMILES string of the molecule is CC(C)c1cccc(CNC(=O)NC2CCS(=O)(=O)C3(CC(CO)C3)C2)c1. The minimum absolute atomic E-state index is 0.0330. The fraction of sp³-hybridized carbons (Fsp3) is 0.650. The van der Waals surface area contributed by atoms with E-state index in [1.54, 1.807) is 0 Å². The van der Waals surface area contributed by atoms with E-state index in [1.807, 2.05) is 12.1 Å². The molecule has 6 nitrogen and oxygen atoms in total. The number of hydrogen-bond acceptors (Lipinski definition) is 4. The van der Waals surface area contributed by atoms with E-state index >= 15 is 0 Å². The lowest BCUT2D eigenvalue weighted by molar-refractivity contribution is 0.107. The quantitative estimate of drug-likeness (QED) is 0.714. The van der Waals surface area contributed by atoms with Gasteiger partial charge in [-0.1, -0.05) is 38.1 Å². The third-order valence-corrected chi connectivity index (χ3v) is 8.59. The lowest BCUT2D eigenvalue weighted by Gasteiger charge is -2.50. The molecule has 27 heavy (non-hydrogen) atoms. The van der Waals surface area contributed by atoms with Gasteiger partial charge in [0, 0.05) is 19.2 Å². The van der Waals surface area contributed by atoms with E-state index < -0.39 is 14.6 Å². The molecule has 1 spiro atoms. The van der Waals surface area contributed by atoms with Crippen LogP contribution in [-0.2, 0) is 16.4 Å². The highest BCUT2D eigenvalue weighted by Gasteiger charge is 2.56. The van der Waals surface area contributed by atoms with Crippen LogP contribution in [0.1, 0.15) is 56.6 Å². The van der Waals surface area contributed by atoms with Crippen molar-refractivity contribution in [2.45, 2.75) is 62.8 Å². The Balaban J connectivity index is 1.53. The minimum atomic E-state index is -3.15. The number of carbonyl (C=O) groups is 1. The number of aliphatic hydroxyl groups is 1. The van der Waals surface area contributed by atoms with Gasteiger partial charge in [-0.3, -0.25) is 0 Å². The average Bonchev–Trinajstić information content (AvgIpc) is 2.59. The third kappa shape index (κ3) is 4.29. The lowest BCUT2D eigenvalue weighted by atomic mass is 9.71. The van der Waals surface area contributed by atoms with Crippen LogP contribution in [0.4, 0.5) is 4.79 Å². The fourth-order valence-corrected chi connectivity index (χ4v) is 6.80. The van der Waals surface area contributed by atoms with Crippen molar-refractivity contribution in [2.24, 2.45) is 5.92 Å². The van der Waals surface area contributed by atoms with Gasteiger partial charge in [0.15, 0.2) is 9.84 Å². The summed E-state index contributed by atoms with van der Waals surface area (Å²) in [6.45, 7) is 4.74. The first-order valence-electron chi connectivity index (χ1n) is 9.71. The molecule has 2 fully saturated rings. The average molecular weight is 395 g/mol. The number of aliphatic hydroxyl groups excluding tert-OH is 1. The highest BCUT2D eigenvalue weighted by atomic mass is 32.2. The zero-order valence-electron chi connectivity index (χ0n) is 16.1. The van der Waals surface area contributed by atoms with E-state index in [2.05, 4.69) is 36.6 Å². The predicted molar refractivity (Wildman–Crippen MR) is 105 cm³/mol. The number of urea groups is 1. The molecule has 2 aliphatic rings. The van der Waals surface area contributed by atoms with Crippen molar-refractivity contribution in [3.05, 3.63) is 35.4 Å². The maximum atomic E-state index is 12.5. The minimum Gasteiger partial charge on any atom is -0.396 e. The number of sulfone groups is 1. The third-order valence-electron chi connectivity index (χ3n) is 6.00. The molecule has 1 unspecified atom stereocenters. The first-order valence-corrected chi connectivity index (χ1v) is 11.4. The summed E-state index contributed by atoms with van der Waals surface area (Å²) < 4.78 is 24.2. The highest BCUT2D eigenvalue weighted by Crippen LogP contribution is 2.49. The number of benzene rings is 1. The smallest absolute Gasteiger partial charge is 0.315 e. The zero-order valence-corrected chi connectivity index (χ0v) is 16.9. The molecule has 0 radical (unpaired) electrons. The van der Waals surface area contributed by atoms with Crippen LogP contribution in [0.2, 0.25) is 0 Å². The Morgan fingerprint density at radius 1 is 1.30 bits per heavy atom. The topological polar surface area (TPSA) is 95.5 Å². The Morgan fingerprint density at radius 2 is 2.04 bits per heavy atom. The summed E-state index contributed by atoms with van der Waals surface area (Å²) >= 11 is 0. The van der Waals surface area contributed by atoms with Crippen LogP contribution >= 0.6 is 0 Å². The van der Waals surface area contributed by atoms with Crippen LogP contribution in [0.5, 0.6) is 0 Å². The Morgan fingerprint density at radius 3 is 2.70 bits per heavy atom. The van der Waals surface area contributed by atoms with Crippen LogP contribution in [0, 0.1) is 5.92 Å². The Hall–Kier alpha value is -1.60. The summed E-state index contributed by atoms with van der Waals surface area (Å²) in [6, 6.07) is 7.74. The predicted octanol–water partition coefficient (Wildman–Crippen LogP) is 2.33. The van der Waals surface area contributed by atoms with E-state index in [0.29, 0.717) is 38.1 Å².